The van der Waals surface area contributed by atoms with Crippen molar-refractivity contribution in [1.29, 1.82) is 0 Å². The van der Waals surface area contributed by atoms with Crippen LogP contribution in [0.1, 0.15) is 67.6 Å². The fraction of sp³-hybridized carbons (Fsp3) is 0.500. The van der Waals surface area contributed by atoms with Gasteiger partial charge in [0, 0.05) is 96.4 Å². The summed E-state index contributed by atoms with van der Waals surface area (Å²) in [4.78, 5) is 7.32. The normalized spacial score (nSPS) is 19.2. The zero-order valence-electron chi connectivity index (χ0n) is 27.6. The zero-order valence-corrected chi connectivity index (χ0v) is 29.1. The van der Waals surface area contributed by atoms with Crippen LogP contribution in [-0.4, -0.2) is 84.8 Å². The second-order valence-electron chi connectivity index (χ2n) is 13.7. The van der Waals surface area contributed by atoms with Gasteiger partial charge in [-0.1, -0.05) is 56.3 Å². The number of aromatic nitrogens is 2. The fourth-order valence-corrected chi connectivity index (χ4v) is 7.65. The van der Waals surface area contributed by atoms with Gasteiger partial charge in [-0.25, -0.2) is 8.42 Å². The van der Waals surface area contributed by atoms with Crippen LogP contribution < -0.4 is 0 Å². The number of morpholine rings is 1. The summed E-state index contributed by atoms with van der Waals surface area (Å²) < 4.78 is 34.3. The maximum atomic E-state index is 12.6. The van der Waals surface area contributed by atoms with E-state index >= 15 is 0 Å². The van der Waals surface area contributed by atoms with Crippen molar-refractivity contribution in [2.24, 2.45) is 10.4 Å². The molecule has 0 unspecified atom stereocenters. The molecule has 0 amide bonds. The summed E-state index contributed by atoms with van der Waals surface area (Å²) in [7, 11) is -3.34. The topological polar surface area (TPSA) is 80.0 Å². The number of aryl methyl sites for hydroxylation is 1. The van der Waals surface area contributed by atoms with Gasteiger partial charge in [-0.15, -0.1) is 0 Å². The van der Waals surface area contributed by atoms with Gasteiger partial charge in [0.15, 0.2) is 0 Å². The smallest absolute Gasteiger partial charge is 0.211 e. The largest absolute Gasteiger partial charge is 0.379 e. The first-order valence-corrected chi connectivity index (χ1v) is 18.5. The Morgan fingerprint density at radius 2 is 1.89 bits per heavy atom. The van der Waals surface area contributed by atoms with E-state index in [1.807, 2.05) is 18.2 Å². The molecule has 0 N–H and O–H groups in total. The molecule has 1 atom stereocenters. The van der Waals surface area contributed by atoms with Crippen LogP contribution in [0.4, 0.5) is 0 Å². The lowest BCUT2D eigenvalue weighted by Crippen LogP contribution is -2.44. The molecule has 1 fully saturated rings. The molecule has 3 aromatic rings. The number of ether oxygens (including phenoxy) is 1. The molecule has 1 saturated heterocycles. The third-order valence-corrected chi connectivity index (χ3v) is 10.8. The summed E-state index contributed by atoms with van der Waals surface area (Å²) in [5.74, 6) is 6.66. The molecule has 0 bridgehead atoms. The average Bonchev–Trinajstić information content (AvgIpc) is 3.38. The quantitative estimate of drug-likeness (QED) is 0.330. The molecular formula is C36H44ClN5O3S. The van der Waals surface area contributed by atoms with E-state index in [1.54, 1.807) is 4.31 Å². The molecule has 3 aliphatic rings. The van der Waals surface area contributed by atoms with E-state index in [0.29, 0.717) is 36.1 Å². The number of sulfonamides is 1. The van der Waals surface area contributed by atoms with Crippen LogP contribution >= 0.6 is 11.6 Å². The zero-order chi connectivity index (χ0) is 32.6. The molecule has 0 radical (unpaired) electrons. The number of halogens is 1. The van der Waals surface area contributed by atoms with Gasteiger partial charge >= 0.3 is 0 Å². The fourth-order valence-electron chi connectivity index (χ4n) is 6.70. The van der Waals surface area contributed by atoms with Crippen molar-refractivity contribution < 1.29 is 13.2 Å². The molecule has 10 heteroatoms. The number of nitrogens with zero attached hydrogens (tertiary/aromatic N) is 5. The molecule has 0 saturated carbocycles. The molecular weight excluding hydrogens is 618 g/mol. The number of aliphatic imine (C=N–C) groups is 1. The van der Waals surface area contributed by atoms with Crippen LogP contribution in [0.5, 0.6) is 0 Å². The highest BCUT2D eigenvalue weighted by atomic mass is 35.5. The van der Waals surface area contributed by atoms with E-state index in [1.165, 1.54) is 17.4 Å². The summed E-state index contributed by atoms with van der Waals surface area (Å²) in [5.41, 5.74) is 8.95. The molecule has 46 heavy (non-hydrogen) atoms. The summed E-state index contributed by atoms with van der Waals surface area (Å²) in [6.07, 6.45) is 3.80. The Morgan fingerprint density at radius 3 is 2.65 bits per heavy atom. The lowest BCUT2D eigenvalue weighted by atomic mass is 9.81. The third-order valence-electron chi connectivity index (χ3n) is 9.20. The van der Waals surface area contributed by atoms with Crippen LogP contribution in [0.15, 0.2) is 41.4 Å². The van der Waals surface area contributed by atoms with E-state index in [9.17, 15) is 8.42 Å². The maximum absolute atomic E-state index is 12.6. The summed E-state index contributed by atoms with van der Waals surface area (Å²) >= 11 is 6.69. The van der Waals surface area contributed by atoms with Crippen LogP contribution in [0, 0.1) is 17.3 Å². The molecule has 244 valence electrons. The number of benzene rings is 2. The molecule has 0 spiro atoms. The van der Waals surface area contributed by atoms with Gasteiger partial charge in [0.1, 0.15) is 0 Å². The highest BCUT2D eigenvalue weighted by Gasteiger charge is 2.30. The number of hydrogen-bond acceptors (Lipinski definition) is 6. The van der Waals surface area contributed by atoms with Gasteiger partial charge in [0.2, 0.25) is 10.0 Å². The van der Waals surface area contributed by atoms with E-state index in [-0.39, 0.29) is 5.41 Å². The predicted molar refractivity (Wildman–Crippen MR) is 185 cm³/mol. The third kappa shape index (κ3) is 7.12. The average molecular weight is 662 g/mol. The van der Waals surface area contributed by atoms with Gasteiger partial charge in [-0.2, -0.15) is 9.40 Å². The van der Waals surface area contributed by atoms with E-state index in [2.05, 4.69) is 67.3 Å². The minimum absolute atomic E-state index is 0.0466. The monoisotopic (exact) mass is 661 g/mol. The van der Waals surface area contributed by atoms with E-state index in [4.69, 9.17) is 26.4 Å². The number of rotatable bonds is 6. The van der Waals surface area contributed by atoms with Gasteiger partial charge in [-0.3, -0.25) is 14.6 Å². The van der Waals surface area contributed by atoms with Gasteiger partial charge in [0.05, 0.1) is 30.2 Å². The lowest BCUT2D eigenvalue weighted by Gasteiger charge is -2.33. The van der Waals surface area contributed by atoms with E-state index in [0.717, 1.165) is 86.0 Å². The Bertz CT molecular complexity index is 1830. The first kappa shape index (κ1) is 32.9. The van der Waals surface area contributed by atoms with Crippen molar-refractivity contribution in [2.45, 2.75) is 66.1 Å². The van der Waals surface area contributed by atoms with Crippen LogP contribution in [0.3, 0.4) is 0 Å². The van der Waals surface area contributed by atoms with Crippen molar-refractivity contribution >= 4 is 27.3 Å². The lowest BCUT2D eigenvalue weighted by molar-refractivity contribution is -0.00122. The van der Waals surface area contributed by atoms with Crippen LogP contribution in [-0.2, 0) is 40.7 Å². The second kappa shape index (κ2) is 13.2. The maximum Gasteiger partial charge on any atom is 0.211 e. The van der Waals surface area contributed by atoms with Gasteiger partial charge < -0.3 is 4.74 Å². The van der Waals surface area contributed by atoms with Crippen molar-refractivity contribution in [1.82, 2.24) is 19.0 Å². The Balaban J connectivity index is 1.30. The minimum Gasteiger partial charge on any atom is -0.379 e. The van der Waals surface area contributed by atoms with E-state index < -0.39 is 10.0 Å². The van der Waals surface area contributed by atoms with Crippen molar-refractivity contribution in [3.63, 3.8) is 0 Å². The molecule has 1 aromatic heterocycles. The Labute approximate surface area is 278 Å². The minimum atomic E-state index is -3.34. The Morgan fingerprint density at radius 1 is 1.07 bits per heavy atom. The van der Waals surface area contributed by atoms with Crippen LogP contribution in [0.2, 0.25) is 5.02 Å². The van der Waals surface area contributed by atoms with Crippen molar-refractivity contribution in [3.05, 3.63) is 74.9 Å². The highest BCUT2D eigenvalue weighted by Crippen LogP contribution is 2.33. The molecule has 0 aliphatic carbocycles. The molecule has 6 rings (SSSR count). The Kier molecular flexibility index (Phi) is 9.48. The molecule has 3 aliphatic heterocycles. The molecule has 8 nitrogen and oxygen atoms in total. The number of hydrogen-bond donors (Lipinski definition) is 0. The standard InChI is InChI=1S/C36H44ClN5O3S/c1-25-24-45-20-19-40(25)16-6-17-42-33-14-18-41(46(5,43)44)23-31(33)34(39-42)29-11-12-32(37)28(22-29)10-8-26-7-9-27-13-15-38-35(30(27)21-26)36(2,3)4/h7,9,11-12,21-22,25H,6,13-20,23-24H2,1-5H3/t25-/m0/s1. The molecule has 4 heterocycles. The van der Waals surface area contributed by atoms with Crippen molar-refractivity contribution in [3.8, 4) is 23.1 Å². The number of fused-ring (bicyclic) bond motifs is 2. The summed E-state index contributed by atoms with van der Waals surface area (Å²) in [6.45, 7) is 14.6. The van der Waals surface area contributed by atoms with Crippen LogP contribution in [0.25, 0.3) is 11.3 Å². The highest BCUT2D eigenvalue weighted by molar-refractivity contribution is 7.88. The SMILES string of the molecule is C[C@H]1COCCN1CCCn1nc(-c2ccc(Cl)c(C#Cc3ccc4c(c3)C(C(C)(C)C)=NCC4)c2)c2c1CCN(S(C)(=O)=O)C2. The first-order chi connectivity index (χ1) is 21.9. The predicted octanol–water partition coefficient (Wildman–Crippen LogP) is 5.42. The van der Waals surface area contributed by atoms with Gasteiger partial charge in [0.25, 0.3) is 0 Å². The first-order valence-electron chi connectivity index (χ1n) is 16.2. The Hall–Kier alpha value is -3.00. The summed E-state index contributed by atoms with van der Waals surface area (Å²) in [5, 5.41) is 5.66. The second-order valence-corrected chi connectivity index (χ2v) is 16.1. The molecule has 2 aromatic carbocycles. The van der Waals surface area contributed by atoms with Gasteiger partial charge in [-0.05, 0) is 49.6 Å². The summed E-state index contributed by atoms with van der Waals surface area (Å²) in [6, 6.07) is 12.6. The van der Waals surface area contributed by atoms with Crippen molar-refractivity contribution in [2.75, 3.05) is 45.6 Å².